The fourth-order valence-electron chi connectivity index (χ4n) is 2.82. The van der Waals surface area contributed by atoms with E-state index in [0.29, 0.717) is 11.4 Å². The van der Waals surface area contributed by atoms with Crippen LogP contribution >= 0.6 is 0 Å². The molecular formula is C23H23N3O4S. The minimum absolute atomic E-state index is 0.0139. The van der Waals surface area contributed by atoms with E-state index < -0.39 is 21.1 Å². The van der Waals surface area contributed by atoms with Gasteiger partial charge in [-0.2, -0.15) is 5.10 Å². The van der Waals surface area contributed by atoms with Gasteiger partial charge in [0.15, 0.2) is 0 Å². The molecule has 160 valence electrons. The van der Waals surface area contributed by atoms with Gasteiger partial charge in [0.25, 0.3) is 5.91 Å². The summed E-state index contributed by atoms with van der Waals surface area (Å²) in [5.41, 5.74) is 4.56. The largest absolute Gasteiger partial charge is 0.495 e. The molecule has 2 N–H and O–H groups in total. The summed E-state index contributed by atoms with van der Waals surface area (Å²) >= 11 is 0. The minimum Gasteiger partial charge on any atom is -0.495 e. The quantitative estimate of drug-likeness (QED) is 0.416. The molecule has 0 saturated heterocycles. The van der Waals surface area contributed by atoms with Crippen LogP contribution in [0.2, 0.25) is 0 Å². The smallest absolute Gasteiger partial charge is 0.278 e. The molecule has 0 heterocycles. The van der Waals surface area contributed by atoms with E-state index in [9.17, 15) is 13.2 Å². The first kappa shape index (κ1) is 22.0. The molecule has 3 aromatic rings. The third-order valence-corrected chi connectivity index (χ3v) is 6.36. The molecule has 3 aromatic carbocycles. The Morgan fingerprint density at radius 2 is 1.61 bits per heavy atom. The average molecular weight is 438 g/mol. The molecule has 0 fully saturated rings. The number of hydrogen-bond donors (Lipinski definition) is 2. The van der Waals surface area contributed by atoms with Gasteiger partial charge in [0, 0.05) is 0 Å². The maximum Gasteiger partial charge on any atom is 0.278 e. The summed E-state index contributed by atoms with van der Waals surface area (Å²) < 4.78 is 31.7. The molecule has 0 unspecified atom stereocenters. The molecule has 0 aliphatic carbocycles. The number of benzene rings is 3. The van der Waals surface area contributed by atoms with Gasteiger partial charge >= 0.3 is 0 Å². The Kier molecular flexibility index (Phi) is 7.04. The Bertz CT molecular complexity index is 1160. The molecule has 8 heteroatoms. The molecule has 3 rings (SSSR count). The number of ether oxygens (including phenoxy) is 1. The zero-order valence-corrected chi connectivity index (χ0v) is 18.0. The first-order valence-electron chi connectivity index (χ1n) is 9.50. The normalized spacial score (nSPS) is 12.3. The molecule has 0 spiro atoms. The second-order valence-electron chi connectivity index (χ2n) is 6.73. The van der Waals surface area contributed by atoms with E-state index in [4.69, 9.17) is 4.74 Å². The number of rotatable bonds is 8. The Balaban J connectivity index is 1.89. The van der Waals surface area contributed by atoms with E-state index in [2.05, 4.69) is 15.8 Å². The van der Waals surface area contributed by atoms with E-state index in [1.54, 1.807) is 42.5 Å². The number of amides is 1. The third-order valence-electron chi connectivity index (χ3n) is 4.48. The fraction of sp³-hybridized carbons (Fsp3) is 0.130. The molecule has 1 amide bonds. The molecule has 0 aliphatic rings. The lowest BCUT2D eigenvalue weighted by Gasteiger charge is -2.20. The van der Waals surface area contributed by atoms with Crippen LogP contribution in [0.1, 0.15) is 11.1 Å². The highest BCUT2D eigenvalue weighted by Gasteiger charge is 2.34. The van der Waals surface area contributed by atoms with Gasteiger partial charge in [-0.25, -0.2) is 13.8 Å². The lowest BCUT2D eigenvalue weighted by Crippen LogP contribution is -2.43. The Morgan fingerprint density at radius 3 is 2.29 bits per heavy atom. The second kappa shape index (κ2) is 9.90. The zero-order chi connectivity index (χ0) is 22.3. The summed E-state index contributed by atoms with van der Waals surface area (Å²) in [4.78, 5) is 12.9. The number of carbonyl (C=O) groups is 1. The van der Waals surface area contributed by atoms with Gasteiger partial charge in [0.05, 0.1) is 23.9 Å². The van der Waals surface area contributed by atoms with Gasteiger partial charge in [0.1, 0.15) is 5.75 Å². The summed E-state index contributed by atoms with van der Waals surface area (Å²) in [7, 11) is -2.61. The minimum atomic E-state index is -4.08. The van der Waals surface area contributed by atoms with Crippen LogP contribution in [0.25, 0.3) is 0 Å². The van der Waals surface area contributed by atoms with Crippen LogP contribution in [0.5, 0.6) is 5.75 Å². The van der Waals surface area contributed by atoms with Crippen LogP contribution in [0.15, 0.2) is 88.9 Å². The average Bonchev–Trinajstić information content (AvgIpc) is 2.79. The SMILES string of the molecule is COc1ccccc1N[C@@H](C(=O)N/N=C\c1ccc(C)cc1)S(=O)(=O)c1ccccc1. The number of hydrazone groups is 1. The van der Waals surface area contributed by atoms with Crippen molar-refractivity contribution in [1.29, 1.82) is 0 Å². The molecule has 0 aromatic heterocycles. The number of anilines is 1. The van der Waals surface area contributed by atoms with Gasteiger partial charge < -0.3 is 10.1 Å². The van der Waals surface area contributed by atoms with Crippen molar-refractivity contribution in [2.75, 3.05) is 12.4 Å². The summed E-state index contributed by atoms with van der Waals surface area (Å²) in [6, 6.07) is 22.0. The van der Waals surface area contributed by atoms with Crippen molar-refractivity contribution in [2.24, 2.45) is 5.10 Å². The highest BCUT2D eigenvalue weighted by Crippen LogP contribution is 2.26. The molecule has 0 saturated carbocycles. The van der Waals surface area contributed by atoms with Crippen molar-refractivity contribution in [3.05, 3.63) is 90.0 Å². The topological polar surface area (TPSA) is 96.9 Å². The summed E-state index contributed by atoms with van der Waals surface area (Å²) in [6.45, 7) is 1.96. The second-order valence-corrected chi connectivity index (χ2v) is 8.76. The number of aryl methyl sites for hydroxylation is 1. The predicted octanol–water partition coefficient (Wildman–Crippen LogP) is 3.37. The van der Waals surface area contributed by atoms with E-state index >= 15 is 0 Å². The number of nitrogens with zero attached hydrogens (tertiary/aromatic N) is 1. The molecule has 0 radical (unpaired) electrons. The predicted molar refractivity (Wildman–Crippen MR) is 121 cm³/mol. The third kappa shape index (κ3) is 5.49. The number of methoxy groups -OCH3 is 1. The number of carbonyl (C=O) groups excluding carboxylic acids is 1. The molecular weight excluding hydrogens is 414 g/mol. The fourth-order valence-corrected chi connectivity index (χ4v) is 4.24. The molecule has 7 nitrogen and oxygen atoms in total. The number of sulfone groups is 1. The van der Waals surface area contributed by atoms with Crippen molar-refractivity contribution in [2.45, 2.75) is 17.2 Å². The van der Waals surface area contributed by atoms with Crippen molar-refractivity contribution in [1.82, 2.24) is 5.43 Å². The van der Waals surface area contributed by atoms with Crippen LogP contribution < -0.4 is 15.5 Å². The maximum atomic E-state index is 13.2. The van der Waals surface area contributed by atoms with Crippen LogP contribution in [-0.4, -0.2) is 33.0 Å². The first-order chi connectivity index (χ1) is 14.9. The Hall–Kier alpha value is -3.65. The standard InChI is InChI=1S/C23H23N3O4S/c1-17-12-14-18(15-13-17)16-24-26-22(27)23(25-20-10-6-7-11-21(20)30-2)31(28,29)19-8-4-3-5-9-19/h3-16,23,25H,1-2H3,(H,26,27)/b24-16-/t23-/m1/s1. The van der Waals surface area contributed by atoms with Crippen LogP contribution in [-0.2, 0) is 14.6 Å². The molecule has 0 bridgehead atoms. The lowest BCUT2D eigenvalue weighted by molar-refractivity contribution is -0.120. The van der Waals surface area contributed by atoms with E-state index in [1.807, 2.05) is 31.2 Å². The monoisotopic (exact) mass is 437 g/mol. The highest BCUT2D eigenvalue weighted by molar-refractivity contribution is 7.93. The van der Waals surface area contributed by atoms with Crippen LogP contribution in [0.3, 0.4) is 0 Å². The lowest BCUT2D eigenvalue weighted by atomic mass is 10.2. The number of hydrogen-bond acceptors (Lipinski definition) is 6. The van der Waals surface area contributed by atoms with Crippen molar-refractivity contribution in [3.63, 3.8) is 0 Å². The number of para-hydroxylation sites is 2. The molecule has 1 atom stereocenters. The van der Waals surface area contributed by atoms with Crippen LogP contribution in [0.4, 0.5) is 5.69 Å². The summed E-state index contributed by atoms with van der Waals surface area (Å²) in [5, 5.41) is 5.09. The Morgan fingerprint density at radius 1 is 0.968 bits per heavy atom. The summed E-state index contributed by atoms with van der Waals surface area (Å²) in [6.07, 6.45) is 1.45. The van der Waals surface area contributed by atoms with E-state index in [1.165, 1.54) is 25.5 Å². The van der Waals surface area contributed by atoms with E-state index in [0.717, 1.165) is 11.1 Å². The van der Waals surface area contributed by atoms with Crippen molar-refractivity contribution >= 4 is 27.6 Å². The van der Waals surface area contributed by atoms with E-state index in [-0.39, 0.29) is 4.90 Å². The molecule has 31 heavy (non-hydrogen) atoms. The van der Waals surface area contributed by atoms with Gasteiger partial charge in [-0.05, 0) is 36.8 Å². The van der Waals surface area contributed by atoms with Crippen molar-refractivity contribution in [3.8, 4) is 5.75 Å². The maximum absolute atomic E-state index is 13.2. The van der Waals surface area contributed by atoms with Crippen molar-refractivity contribution < 1.29 is 17.9 Å². The van der Waals surface area contributed by atoms with Gasteiger partial charge in [-0.15, -0.1) is 0 Å². The van der Waals surface area contributed by atoms with Crippen LogP contribution in [0, 0.1) is 6.92 Å². The van der Waals surface area contributed by atoms with Gasteiger partial charge in [-0.1, -0.05) is 60.2 Å². The van der Waals surface area contributed by atoms with Gasteiger partial charge in [0.2, 0.25) is 15.2 Å². The Labute approximate surface area is 181 Å². The first-order valence-corrected chi connectivity index (χ1v) is 11.0. The molecule has 0 aliphatic heterocycles. The number of nitrogens with one attached hydrogen (secondary N) is 2. The zero-order valence-electron chi connectivity index (χ0n) is 17.1. The summed E-state index contributed by atoms with van der Waals surface area (Å²) in [5.74, 6) is -0.412. The highest BCUT2D eigenvalue weighted by atomic mass is 32.2. The van der Waals surface area contributed by atoms with Gasteiger partial charge in [-0.3, -0.25) is 4.79 Å².